The predicted molar refractivity (Wildman–Crippen MR) is 52.3 cm³/mol. The van der Waals surface area contributed by atoms with Gasteiger partial charge in [0.05, 0.1) is 6.10 Å². The van der Waals surface area contributed by atoms with E-state index < -0.39 is 0 Å². The van der Waals surface area contributed by atoms with Gasteiger partial charge in [-0.2, -0.15) is 0 Å². The summed E-state index contributed by atoms with van der Waals surface area (Å²) < 4.78 is 5.45. The molecule has 0 atom stereocenters. The third-order valence-electron chi connectivity index (χ3n) is 1.77. The minimum atomic E-state index is 0.105. The summed E-state index contributed by atoms with van der Waals surface area (Å²) in [6, 6.07) is 0. The summed E-state index contributed by atoms with van der Waals surface area (Å²) in [5.41, 5.74) is 1.88. The first-order chi connectivity index (χ1) is 6.02. The third kappa shape index (κ3) is 2.31. The van der Waals surface area contributed by atoms with Gasteiger partial charge < -0.3 is 4.74 Å². The van der Waals surface area contributed by atoms with Crippen molar-refractivity contribution in [2.75, 3.05) is 0 Å². The Labute approximate surface area is 83.1 Å². The fourth-order valence-corrected chi connectivity index (χ4v) is 1.07. The maximum Gasteiger partial charge on any atom is 0.236 e. The van der Waals surface area contributed by atoms with Crippen molar-refractivity contribution < 1.29 is 4.74 Å². The van der Waals surface area contributed by atoms with Crippen LogP contribution in [-0.4, -0.2) is 16.3 Å². The number of rotatable bonds is 2. The number of aromatic nitrogens is 2. The van der Waals surface area contributed by atoms with Gasteiger partial charge in [0.2, 0.25) is 5.88 Å². The Morgan fingerprint density at radius 1 is 1.15 bits per heavy atom. The summed E-state index contributed by atoms with van der Waals surface area (Å²) in [6.07, 6.45) is 0.105. The Bertz CT molecular complexity index is 313. The summed E-state index contributed by atoms with van der Waals surface area (Å²) in [5, 5.41) is 8.10. The summed E-state index contributed by atoms with van der Waals surface area (Å²) >= 11 is 5.79. The molecule has 1 heterocycles. The summed E-state index contributed by atoms with van der Waals surface area (Å²) in [7, 11) is 0. The summed E-state index contributed by atoms with van der Waals surface area (Å²) in [4.78, 5) is 0. The molecule has 0 saturated heterocycles. The van der Waals surface area contributed by atoms with Gasteiger partial charge in [0.25, 0.3) is 0 Å². The Morgan fingerprint density at radius 3 is 2.31 bits per heavy atom. The van der Waals surface area contributed by atoms with Crippen LogP contribution < -0.4 is 4.74 Å². The lowest BCUT2D eigenvalue weighted by Crippen LogP contribution is -2.09. The first-order valence-corrected chi connectivity index (χ1v) is 4.56. The first-order valence-electron chi connectivity index (χ1n) is 4.18. The van der Waals surface area contributed by atoms with Crippen molar-refractivity contribution >= 4 is 11.6 Å². The van der Waals surface area contributed by atoms with E-state index in [0.717, 1.165) is 11.1 Å². The van der Waals surface area contributed by atoms with Gasteiger partial charge in [-0.15, -0.1) is 10.2 Å². The Morgan fingerprint density at radius 2 is 1.77 bits per heavy atom. The number of hydrogen-bond acceptors (Lipinski definition) is 3. The van der Waals surface area contributed by atoms with Crippen molar-refractivity contribution in [1.82, 2.24) is 10.2 Å². The van der Waals surface area contributed by atoms with Crippen molar-refractivity contribution in [2.24, 2.45) is 0 Å². The maximum atomic E-state index is 5.79. The fraction of sp³-hybridized carbons (Fsp3) is 0.556. The normalized spacial score (nSPS) is 10.6. The zero-order valence-electron chi connectivity index (χ0n) is 8.26. The first kappa shape index (κ1) is 10.3. The molecule has 0 aliphatic heterocycles. The molecule has 13 heavy (non-hydrogen) atoms. The largest absolute Gasteiger partial charge is 0.474 e. The van der Waals surface area contributed by atoms with E-state index >= 15 is 0 Å². The van der Waals surface area contributed by atoms with Crippen LogP contribution in [0.2, 0.25) is 5.15 Å². The Hall–Kier alpha value is -0.830. The molecule has 0 N–H and O–H groups in total. The van der Waals surface area contributed by atoms with Crippen LogP contribution in [0, 0.1) is 13.8 Å². The SMILES string of the molecule is Cc1c(Cl)nnc(OC(C)C)c1C. The predicted octanol–water partition coefficient (Wildman–Crippen LogP) is 2.53. The highest BCUT2D eigenvalue weighted by Crippen LogP contribution is 2.22. The summed E-state index contributed by atoms with van der Waals surface area (Å²) in [6.45, 7) is 7.73. The molecule has 0 fully saturated rings. The van der Waals surface area contributed by atoms with Crippen molar-refractivity contribution in [3.05, 3.63) is 16.3 Å². The maximum absolute atomic E-state index is 5.79. The molecule has 0 aliphatic rings. The monoisotopic (exact) mass is 200 g/mol. The van der Waals surface area contributed by atoms with Gasteiger partial charge in [-0.05, 0) is 33.3 Å². The molecule has 0 aromatic carbocycles. The van der Waals surface area contributed by atoms with Crippen LogP contribution in [0.4, 0.5) is 0 Å². The molecular weight excluding hydrogens is 188 g/mol. The third-order valence-corrected chi connectivity index (χ3v) is 2.13. The second kappa shape index (κ2) is 3.92. The van der Waals surface area contributed by atoms with E-state index in [0.29, 0.717) is 11.0 Å². The van der Waals surface area contributed by atoms with Gasteiger partial charge in [0.15, 0.2) is 5.15 Å². The molecule has 3 nitrogen and oxygen atoms in total. The average molecular weight is 201 g/mol. The van der Waals surface area contributed by atoms with Crippen LogP contribution in [0.1, 0.15) is 25.0 Å². The zero-order chi connectivity index (χ0) is 10.0. The molecule has 0 spiro atoms. The van der Waals surface area contributed by atoms with Crippen molar-refractivity contribution in [3.63, 3.8) is 0 Å². The van der Waals surface area contributed by atoms with Gasteiger partial charge in [-0.3, -0.25) is 0 Å². The quantitative estimate of drug-likeness (QED) is 0.736. The van der Waals surface area contributed by atoms with E-state index in [9.17, 15) is 0 Å². The lowest BCUT2D eigenvalue weighted by Gasteiger charge is -2.11. The summed E-state index contributed by atoms with van der Waals surface area (Å²) in [5.74, 6) is 0.567. The van der Waals surface area contributed by atoms with E-state index in [1.807, 2.05) is 27.7 Å². The molecule has 0 amide bonds. The lowest BCUT2D eigenvalue weighted by atomic mass is 10.2. The molecule has 0 unspecified atom stereocenters. The Kier molecular flexibility index (Phi) is 3.09. The highest BCUT2D eigenvalue weighted by molar-refractivity contribution is 6.30. The average Bonchev–Trinajstić information content (AvgIpc) is 2.06. The van der Waals surface area contributed by atoms with Crippen LogP contribution in [-0.2, 0) is 0 Å². The molecule has 1 aromatic heterocycles. The van der Waals surface area contributed by atoms with E-state index in [4.69, 9.17) is 16.3 Å². The molecule has 4 heteroatoms. The topological polar surface area (TPSA) is 35.0 Å². The van der Waals surface area contributed by atoms with Crippen molar-refractivity contribution in [1.29, 1.82) is 0 Å². The van der Waals surface area contributed by atoms with Crippen LogP contribution >= 0.6 is 11.6 Å². The van der Waals surface area contributed by atoms with Gasteiger partial charge in [-0.1, -0.05) is 11.6 Å². The Balaban J connectivity index is 3.04. The molecule has 0 saturated carbocycles. The minimum absolute atomic E-state index is 0.105. The van der Waals surface area contributed by atoms with Crippen LogP contribution in [0.3, 0.4) is 0 Å². The second-order valence-electron chi connectivity index (χ2n) is 3.21. The standard InChI is InChI=1S/C9H13ClN2O/c1-5(2)13-9-7(4)6(3)8(10)11-12-9/h5H,1-4H3. The van der Waals surface area contributed by atoms with Crippen LogP contribution in [0.5, 0.6) is 5.88 Å². The number of ether oxygens (including phenoxy) is 1. The second-order valence-corrected chi connectivity index (χ2v) is 3.57. The molecule has 0 aliphatic carbocycles. The van der Waals surface area contributed by atoms with Gasteiger partial charge in [-0.25, -0.2) is 0 Å². The van der Waals surface area contributed by atoms with Gasteiger partial charge in [0.1, 0.15) is 0 Å². The fourth-order valence-electron chi connectivity index (χ4n) is 0.890. The lowest BCUT2D eigenvalue weighted by molar-refractivity contribution is 0.228. The van der Waals surface area contributed by atoms with E-state index in [1.165, 1.54) is 0 Å². The molecule has 1 rings (SSSR count). The van der Waals surface area contributed by atoms with E-state index in [2.05, 4.69) is 10.2 Å². The molecule has 1 aromatic rings. The highest BCUT2D eigenvalue weighted by atomic mass is 35.5. The minimum Gasteiger partial charge on any atom is -0.474 e. The molecular formula is C9H13ClN2O. The van der Waals surface area contributed by atoms with Crippen LogP contribution in [0.15, 0.2) is 0 Å². The highest BCUT2D eigenvalue weighted by Gasteiger charge is 2.09. The van der Waals surface area contributed by atoms with Crippen LogP contribution in [0.25, 0.3) is 0 Å². The number of hydrogen-bond donors (Lipinski definition) is 0. The molecule has 0 radical (unpaired) electrons. The van der Waals surface area contributed by atoms with Crippen molar-refractivity contribution in [3.8, 4) is 5.88 Å². The molecule has 72 valence electrons. The molecule has 0 bridgehead atoms. The number of nitrogens with zero attached hydrogens (tertiary/aromatic N) is 2. The number of halogens is 1. The van der Waals surface area contributed by atoms with E-state index in [1.54, 1.807) is 0 Å². The smallest absolute Gasteiger partial charge is 0.236 e. The van der Waals surface area contributed by atoms with E-state index in [-0.39, 0.29) is 6.10 Å². The zero-order valence-corrected chi connectivity index (χ0v) is 9.01. The van der Waals surface area contributed by atoms with Crippen molar-refractivity contribution in [2.45, 2.75) is 33.8 Å². The van der Waals surface area contributed by atoms with Gasteiger partial charge in [0, 0.05) is 5.56 Å². The van der Waals surface area contributed by atoms with Gasteiger partial charge >= 0.3 is 0 Å².